The summed E-state index contributed by atoms with van der Waals surface area (Å²) in [7, 11) is 0. The number of rotatable bonds is 20. The minimum atomic E-state index is -1.52. The second-order valence-electron chi connectivity index (χ2n) is 24.0. The summed E-state index contributed by atoms with van der Waals surface area (Å²) in [5.41, 5.74) is 0.244. The fourth-order valence-corrected chi connectivity index (χ4v) is 10.4. The smallest absolute Gasteiger partial charge is 0.270 e. The molecule has 12 atom stereocenters. The Bertz CT molecular complexity index is 2480. The van der Waals surface area contributed by atoms with Crippen LogP contribution in [0.3, 0.4) is 0 Å². The van der Waals surface area contributed by atoms with Crippen molar-refractivity contribution in [2.24, 2.45) is 23.7 Å². The molecule has 25 nitrogen and oxygen atoms in total. The lowest BCUT2D eigenvalue weighted by Crippen LogP contribution is -2.62. The lowest BCUT2D eigenvalue weighted by molar-refractivity contribution is -0.139. The second kappa shape index (κ2) is 38.3. The van der Waals surface area contributed by atoms with Gasteiger partial charge in [-0.1, -0.05) is 144 Å². The number of aliphatic hydroxyl groups excluding tert-OH is 3. The summed E-state index contributed by atoms with van der Waals surface area (Å²) in [6.45, 7) is 15.8. The number of hydrogen-bond acceptors (Lipinski definition) is 14. The summed E-state index contributed by atoms with van der Waals surface area (Å²) in [6.07, 6.45) is 4.20. The zero-order valence-electron chi connectivity index (χ0n) is 52.8. The van der Waals surface area contributed by atoms with Gasteiger partial charge >= 0.3 is 0 Å². The summed E-state index contributed by atoms with van der Waals surface area (Å²) in [4.78, 5) is 157. The van der Waals surface area contributed by atoms with Crippen LogP contribution in [0.25, 0.3) is 0 Å². The number of allylic oxidation sites excluding steroid dienone is 1. The molecule has 25 heteroatoms. The maximum Gasteiger partial charge on any atom is 0.270 e. The summed E-state index contributed by atoms with van der Waals surface area (Å²) in [6, 6.07) is -2.83. The van der Waals surface area contributed by atoms with E-state index in [2.05, 4.69) is 60.1 Å². The van der Waals surface area contributed by atoms with E-state index in [1.807, 2.05) is 41.5 Å². The van der Waals surface area contributed by atoms with Crippen molar-refractivity contribution >= 4 is 65.0 Å². The number of benzene rings is 1. The Morgan fingerprint density at radius 3 is 1.62 bits per heavy atom. The predicted molar refractivity (Wildman–Crippen MR) is 326 cm³/mol. The fraction of sp³-hybridized carbons (Fsp3) is 0.694. The lowest BCUT2D eigenvalue weighted by Gasteiger charge is -2.31. The molecule has 0 aliphatic carbocycles. The molecule has 488 valence electrons. The zero-order chi connectivity index (χ0) is 64.9. The van der Waals surface area contributed by atoms with E-state index in [1.54, 1.807) is 44.2 Å². The third kappa shape index (κ3) is 25.0. The van der Waals surface area contributed by atoms with Gasteiger partial charge in [0.05, 0.1) is 12.6 Å². The molecule has 1 aromatic carbocycles. The van der Waals surface area contributed by atoms with E-state index < -0.39 is 157 Å². The molecule has 0 spiro atoms. The first-order valence-electron chi connectivity index (χ1n) is 31.2. The Kier molecular flexibility index (Phi) is 32.7. The van der Waals surface area contributed by atoms with Gasteiger partial charge in [0.25, 0.3) is 5.91 Å². The molecule has 0 saturated carbocycles. The summed E-state index contributed by atoms with van der Waals surface area (Å²) in [5.74, 6) is -10.0. The topological polar surface area (TPSA) is 372 Å². The highest BCUT2D eigenvalue weighted by Gasteiger charge is 2.43. The van der Waals surface area contributed by atoms with Crippen LogP contribution < -0.4 is 53.2 Å². The molecule has 0 radical (unpaired) electrons. The number of amides is 11. The number of fused-ring (bicyclic) bond motifs is 1. The van der Waals surface area contributed by atoms with Gasteiger partial charge in [0, 0.05) is 45.1 Å². The molecule has 11 amide bonds. The van der Waals surface area contributed by atoms with Gasteiger partial charge in [-0.3, -0.25) is 52.7 Å². The van der Waals surface area contributed by atoms with Crippen LogP contribution in [0.4, 0.5) is 0 Å². The zero-order valence-corrected chi connectivity index (χ0v) is 52.8. The molecular weight excluding hydrogens is 1120 g/mol. The van der Waals surface area contributed by atoms with Crippen molar-refractivity contribution < 1.29 is 68.1 Å². The maximum absolute atomic E-state index is 14.6. The third-order valence-electron chi connectivity index (χ3n) is 15.8. The first-order chi connectivity index (χ1) is 41.3. The predicted octanol–water partition coefficient (Wildman–Crippen LogP) is 0.919. The molecule has 13 N–H and O–H groups in total. The van der Waals surface area contributed by atoms with Crippen molar-refractivity contribution in [3.05, 3.63) is 47.7 Å². The van der Waals surface area contributed by atoms with E-state index >= 15 is 0 Å². The monoisotopic (exact) mass is 1220 g/mol. The Hall–Kier alpha value is -6.99. The van der Waals surface area contributed by atoms with E-state index in [1.165, 1.54) is 13.0 Å². The van der Waals surface area contributed by atoms with Gasteiger partial charge in [-0.25, -0.2) is 0 Å². The van der Waals surface area contributed by atoms with Crippen molar-refractivity contribution in [1.82, 2.24) is 58.1 Å². The molecule has 3 rings (SSSR count). The average Bonchev–Trinajstić information content (AvgIpc) is 2.97. The van der Waals surface area contributed by atoms with Crippen LogP contribution in [0.2, 0.25) is 0 Å². The normalized spacial score (nSPS) is 26.6. The van der Waals surface area contributed by atoms with E-state index in [-0.39, 0.29) is 69.0 Å². The Morgan fingerprint density at radius 1 is 0.552 bits per heavy atom. The molecule has 0 bridgehead atoms. The van der Waals surface area contributed by atoms with Gasteiger partial charge < -0.3 is 73.4 Å². The van der Waals surface area contributed by atoms with Gasteiger partial charge in [-0.05, 0) is 68.3 Å². The van der Waals surface area contributed by atoms with Crippen molar-refractivity contribution in [3.8, 4) is 0 Å². The quantitative estimate of drug-likeness (QED) is 0.0638. The first-order valence-corrected chi connectivity index (χ1v) is 31.2. The first kappa shape index (κ1) is 74.3. The number of nitrogens with zero attached hydrogens (tertiary/aromatic N) is 1. The Balaban J connectivity index is 2.18. The Morgan fingerprint density at radius 2 is 1.06 bits per heavy atom. The van der Waals surface area contributed by atoms with Gasteiger partial charge in [0.1, 0.15) is 54.0 Å². The number of carbonyl (C=O) groups is 11. The highest BCUT2D eigenvalue weighted by molar-refractivity contribution is 6.02. The van der Waals surface area contributed by atoms with Crippen molar-refractivity contribution in [2.75, 3.05) is 26.3 Å². The van der Waals surface area contributed by atoms with Crippen LogP contribution in [-0.4, -0.2) is 172 Å². The summed E-state index contributed by atoms with van der Waals surface area (Å²) in [5, 5.41) is 58.1. The number of aliphatic hydroxyl groups is 3. The average molecular weight is 1220 g/mol. The summed E-state index contributed by atoms with van der Waals surface area (Å²) < 4.78 is 0. The molecule has 2 aliphatic heterocycles. The van der Waals surface area contributed by atoms with Crippen molar-refractivity contribution in [2.45, 2.75) is 226 Å². The van der Waals surface area contributed by atoms with E-state index in [9.17, 15) is 68.1 Å². The number of hydrogen-bond donors (Lipinski definition) is 13. The highest BCUT2D eigenvalue weighted by Crippen LogP contribution is 2.22. The van der Waals surface area contributed by atoms with Crippen LogP contribution in [-0.2, 0) is 59.2 Å². The van der Waals surface area contributed by atoms with Crippen LogP contribution in [0.1, 0.15) is 165 Å². The van der Waals surface area contributed by atoms with Crippen LogP contribution in [0.5, 0.6) is 0 Å². The molecule has 1 aromatic rings. The van der Waals surface area contributed by atoms with E-state index in [0.29, 0.717) is 31.2 Å². The minimum absolute atomic E-state index is 0.0705. The number of unbranched alkanes of at least 4 members (excludes halogenated alkanes) is 4. The lowest BCUT2D eigenvalue weighted by atomic mass is 9.93. The maximum atomic E-state index is 14.6. The molecule has 5 unspecified atom stereocenters. The number of carbonyl (C=O) groups excluding carboxylic acids is 11. The van der Waals surface area contributed by atoms with Crippen molar-refractivity contribution in [1.29, 1.82) is 0 Å². The van der Waals surface area contributed by atoms with Crippen LogP contribution in [0.15, 0.2) is 42.1 Å². The van der Waals surface area contributed by atoms with E-state index in [4.69, 9.17) is 0 Å². The third-order valence-corrected chi connectivity index (χ3v) is 15.8. The van der Waals surface area contributed by atoms with Gasteiger partial charge in [0.15, 0.2) is 0 Å². The molecule has 0 aromatic heterocycles. The van der Waals surface area contributed by atoms with E-state index in [0.717, 1.165) is 30.6 Å². The van der Waals surface area contributed by atoms with Crippen molar-refractivity contribution in [3.63, 3.8) is 0 Å². The second-order valence-corrected chi connectivity index (χ2v) is 24.0. The molecule has 87 heavy (non-hydrogen) atoms. The largest absolute Gasteiger partial charge is 0.396 e. The standard InChI is InChI=1S/C62H101N11O14/c1-11-15-16-17-21-24-41-32-50(77)65-44(25-27-74)55(80)66-43(14-4)62(87)73-35-42(76)33-49(73)59(84)67-45(26-28-75)56(81)69-48(31-40-22-19-18-20-23-40)57(82)68-47(30-37(7)8)58(83)71-53(39(10)13-3)61(86)72-52(38(9)12-2)60(85)70-46(29-36(5)6)54(79)63-34-51(78)64-41/h14,18-20,22-23,36-39,41-42,44-49,52-53,74-76H,11-13,15-17,21,24-35H2,1-10H3,(H,63,79)(H,64,78)(H,65,77)(H,66,80)(H,67,84)(H,68,82)(H,69,81)(H,70,85)(H,71,83)(H,72,86)/b43-14+/t38-,39-,41?,42?,44?,45?,46-,47-,48-,49?,52-,53-/m0/s1. The highest BCUT2D eigenvalue weighted by atomic mass is 16.3. The minimum Gasteiger partial charge on any atom is -0.396 e. The van der Waals surface area contributed by atoms with Gasteiger partial charge in [-0.2, -0.15) is 0 Å². The molecule has 2 aliphatic rings. The molecular formula is C62H101N11O14. The fourth-order valence-electron chi connectivity index (χ4n) is 10.4. The van der Waals surface area contributed by atoms with Gasteiger partial charge in [0.2, 0.25) is 59.1 Å². The Labute approximate surface area is 513 Å². The molecule has 2 fully saturated rings. The van der Waals surface area contributed by atoms with Gasteiger partial charge in [-0.15, -0.1) is 0 Å². The SMILES string of the molecule is C/C=C1/NC(=O)C(CCO)NC(=O)CC(CCCCCCC)NC(=O)CNC(=O)[C@H](CC(C)C)NC(=O)[C@H]([C@@H](C)CC)NC(=O)[C@H]([C@@H](C)CC)NC(=O)[C@H](CC(C)C)NC(=O)[C@H](Cc2ccccc2)NC(=O)C(CCO)NC(=O)C2CC(O)CN2C1=O. The van der Waals surface area contributed by atoms with Crippen LogP contribution >= 0.6 is 0 Å². The summed E-state index contributed by atoms with van der Waals surface area (Å²) >= 11 is 0. The molecule has 2 heterocycles. The van der Waals surface area contributed by atoms with Crippen LogP contribution in [0, 0.1) is 23.7 Å². The number of nitrogens with one attached hydrogen (secondary N) is 10. The molecule has 2 saturated heterocycles.